The number of carbonyl (C=O) groups excluding carboxylic acids is 1. The van der Waals surface area contributed by atoms with Gasteiger partial charge in [-0.1, -0.05) is 44.9 Å². The van der Waals surface area contributed by atoms with Crippen molar-refractivity contribution in [3.05, 3.63) is 70.9 Å². The number of hydrogen-bond acceptors (Lipinski definition) is 5. The second kappa shape index (κ2) is 10.3. The SMILES string of the molecule is CCCCOc1ccc2c(-c3ccccc3OC(=O)CCCC)c3ccc(=O)cc-3oc2c1. The molecule has 0 N–H and O–H groups in total. The molecule has 0 aromatic heterocycles. The number of rotatable bonds is 9. The number of esters is 1. The van der Waals surface area contributed by atoms with Crippen molar-refractivity contribution in [3.63, 3.8) is 0 Å². The molecule has 0 fully saturated rings. The standard InChI is InChI=1S/C28H28O5/c1-3-5-11-27(30)33-24-10-8-7-9-21(24)28-22-14-12-19(29)17-25(22)32-26-18-20(13-15-23(26)28)31-16-6-4-2/h7-10,12-15,17-18H,3-6,11,16H2,1-2H3. The van der Waals surface area contributed by atoms with Crippen molar-refractivity contribution < 1.29 is 18.7 Å². The molecule has 0 spiro atoms. The molecule has 2 aromatic rings. The van der Waals surface area contributed by atoms with Crippen molar-refractivity contribution in [1.82, 2.24) is 0 Å². The lowest BCUT2D eigenvalue weighted by Crippen LogP contribution is -2.08. The highest BCUT2D eigenvalue weighted by Crippen LogP contribution is 2.44. The zero-order valence-corrected chi connectivity index (χ0v) is 19.1. The van der Waals surface area contributed by atoms with Gasteiger partial charge in [0.15, 0.2) is 5.43 Å². The van der Waals surface area contributed by atoms with Crippen molar-refractivity contribution in [3.8, 4) is 33.9 Å². The normalized spacial score (nSPS) is 11.1. The van der Waals surface area contributed by atoms with E-state index in [9.17, 15) is 9.59 Å². The van der Waals surface area contributed by atoms with E-state index in [1.165, 1.54) is 12.1 Å². The summed E-state index contributed by atoms with van der Waals surface area (Å²) in [6.07, 6.45) is 4.09. The molecular formula is C28H28O5. The van der Waals surface area contributed by atoms with Gasteiger partial charge in [-0.2, -0.15) is 0 Å². The molecule has 0 unspecified atom stereocenters. The Bertz CT molecular complexity index is 1290. The average molecular weight is 445 g/mol. The summed E-state index contributed by atoms with van der Waals surface area (Å²) in [5.41, 5.74) is 2.87. The number of fused-ring (bicyclic) bond motifs is 2. The number of hydrogen-bond donors (Lipinski definition) is 0. The van der Waals surface area contributed by atoms with Crippen molar-refractivity contribution in [2.75, 3.05) is 6.61 Å². The Morgan fingerprint density at radius 3 is 2.55 bits per heavy atom. The number of benzene rings is 3. The monoisotopic (exact) mass is 444 g/mol. The molecule has 5 heteroatoms. The van der Waals surface area contributed by atoms with Crippen LogP contribution in [0, 0.1) is 0 Å². The smallest absolute Gasteiger partial charge is 0.311 e. The first-order valence-corrected chi connectivity index (χ1v) is 11.5. The predicted octanol–water partition coefficient (Wildman–Crippen LogP) is 6.84. The van der Waals surface area contributed by atoms with E-state index in [2.05, 4.69) is 6.92 Å². The van der Waals surface area contributed by atoms with Gasteiger partial charge in [0.05, 0.1) is 6.61 Å². The molecule has 0 amide bonds. The van der Waals surface area contributed by atoms with Crippen LogP contribution in [-0.4, -0.2) is 12.6 Å². The summed E-state index contributed by atoms with van der Waals surface area (Å²) in [7, 11) is 0. The molecule has 1 aliphatic heterocycles. The number of unbranched alkanes of at least 4 members (excludes halogenated alkanes) is 2. The van der Waals surface area contributed by atoms with Crippen LogP contribution in [0.25, 0.3) is 33.4 Å². The Kier molecular flexibility index (Phi) is 7.08. The molecule has 0 atom stereocenters. The Morgan fingerprint density at radius 2 is 1.73 bits per heavy atom. The molecular weight excluding hydrogens is 416 g/mol. The van der Waals surface area contributed by atoms with E-state index in [1.54, 1.807) is 12.1 Å². The van der Waals surface area contributed by atoms with Gasteiger partial charge in [0.2, 0.25) is 0 Å². The Balaban J connectivity index is 1.87. The Labute approximate surface area is 193 Å². The third kappa shape index (κ3) is 5.08. The fraction of sp³-hybridized carbons (Fsp3) is 0.286. The van der Waals surface area contributed by atoms with Gasteiger partial charge in [-0.25, -0.2) is 0 Å². The van der Waals surface area contributed by atoms with E-state index in [0.29, 0.717) is 35.9 Å². The topological polar surface area (TPSA) is 65.7 Å². The van der Waals surface area contributed by atoms with Crippen LogP contribution >= 0.6 is 0 Å². The van der Waals surface area contributed by atoms with Crippen molar-refractivity contribution in [1.29, 1.82) is 0 Å². The molecule has 2 aromatic carbocycles. The van der Waals surface area contributed by atoms with E-state index in [4.69, 9.17) is 13.9 Å². The van der Waals surface area contributed by atoms with E-state index >= 15 is 0 Å². The third-order valence-electron chi connectivity index (χ3n) is 5.55. The van der Waals surface area contributed by atoms with Crippen LogP contribution in [0.4, 0.5) is 0 Å². The molecule has 1 heterocycles. The molecule has 33 heavy (non-hydrogen) atoms. The Hall–Kier alpha value is -3.60. The lowest BCUT2D eigenvalue weighted by molar-refractivity contribution is -0.134. The van der Waals surface area contributed by atoms with Crippen molar-refractivity contribution >= 4 is 16.9 Å². The van der Waals surface area contributed by atoms with Gasteiger partial charge < -0.3 is 13.9 Å². The predicted molar refractivity (Wildman–Crippen MR) is 130 cm³/mol. The molecule has 5 nitrogen and oxygen atoms in total. The summed E-state index contributed by atoms with van der Waals surface area (Å²) in [6.45, 7) is 4.78. The lowest BCUT2D eigenvalue weighted by Gasteiger charge is -2.18. The maximum atomic E-state index is 12.4. The minimum absolute atomic E-state index is 0.133. The molecule has 2 aliphatic rings. The molecule has 170 valence electrons. The minimum Gasteiger partial charge on any atom is -0.493 e. The molecule has 0 saturated carbocycles. The fourth-order valence-electron chi connectivity index (χ4n) is 3.82. The van der Waals surface area contributed by atoms with Crippen molar-refractivity contribution in [2.45, 2.75) is 46.0 Å². The van der Waals surface area contributed by atoms with Gasteiger partial charge in [0.25, 0.3) is 0 Å². The van der Waals surface area contributed by atoms with Crippen LogP contribution < -0.4 is 14.9 Å². The van der Waals surface area contributed by atoms with E-state index < -0.39 is 0 Å². The highest BCUT2D eigenvalue weighted by molar-refractivity contribution is 6.03. The Morgan fingerprint density at radius 1 is 0.909 bits per heavy atom. The summed E-state index contributed by atoms with van der Waals surface area (Å²) in [6, 6.07) is 18.0. The van der Waals surface area contributed by atoms with Gasteiger partial charge in [-0.3, -0.25) is 9.59 Å². The van der Waals surface area contributed by atoms with Crippen LogP contribution in [0.5, 0.6) is 11.5 Å². The summed E-state index contributed by atoms with van der Waals surface area (Å²) < 4.78 is 17.7. The summed E-state index contributed by atoms with van der Waals surface area (Å²) >= 11 is 0. The van der Waals surface area contributed by atoms with E-state index in [1.807, 2.05) is 43.3 Å². The molecule has 1 aliphatic carbocycles. The lowest BCUT2D eigenvalue weighted by atomic mass is 9.93. The zero-order valence-electron chi connectivity index (χ0n) is 19.1. The molecule has 4 rings (SSSR count). The molecule has 0 bridgehead atoms. The minimum atomic E-state index is -0.257. The zero-order chi connectivity index (χ0) is 23.2. The first-order valence-electron chi connectivity index (χ1n) is 11.5. The first-order chi connectivity index (χ1) is 16.1. The van der Waals surface area contributed by atoms with Crippen LogP contribution in [0.3, 0.4) is 0 Å². The largest absolute Gasteiger partial charge is 0.493 e. The number of carbonyl (C=O) groups is 1. The van der Waals surface area contributed by atoms with Gasteiger partial charge in [-0.15, -0.1) is 0 Å². The molecule has 0 radical (unpaired) electrons. The maximum absolute atomic E-state index is 12.4. The van der Waals surface area contributed by atoms with Gasteiger partial charge in [0, 0.05) is 40.6 Å². The highest BCUT2D eigenvalue weighted by Gasteiger charge is 2.21. The van der Waals surface area contributed by atoms with Crippen LogP contribution in [-0.2, 0) is 4.79 Å². The summed E-state index contributed by atoms with van der Waals surface area (Å²) in [5.74, 6) is 1.42. The van der Waals surface area contributed by atoms with Crippen molar-refractivity contribution in [2.24, 2.45) is 0 Å². The van der Waals surface area contributed by atoms with Gasteiger partial charge in [-0.05, 0) is 43.2 Å². The van der Waals surface area contributed by atoms with Gasteiger partial charge >= 0.3 is 5.97 Å². The highest BCUT2D eigenvalue weighted by atomic mass is 16.5. The summed E-state index contributed by atoms with van der Waals surface area (Å²) in [5, 5.41) is 0.848. The van der Waals surface area contributed by atoms with Gasteiger partial charge in [0.1, 0.15) is 22.8 Å². The second-order valence-electron chi connectivity index (χ2n) is 8.07. The van der Waals surface area contributed by atoms with Crippen LogP contribution in [0.2, 0.25) is 0 Å². The first kappa shape index (κ1) is 22.6. The quantitative estimate of drug-likeness (QED) is 0.122. The van der Waals surface area contributed by atoms with Crippen LogP contribution in [0.15, 0.2) is 69.9 Å². The summed E-state index contributed by atoms with van der Waals surface area (Å²) in [4.78, 5) is 24.5. The fourth-order valence-corrected chi connectivity index (χ4v) is 3.82. The number of ether oxygens (including phenoxy) is 2. The van der Waals surface area contributed by atoms with E-state index in [-0.39, 0.29) is 11.4 Å². The maximum Gasteiger partial charge on any atom is 0.311 e. The average Bonchev–Trinajstić information content (AvgIpc) is 2.82. The second-order valence-corrected chi connectivity index (χ2v) is 8.07. The molecule has 0 saturated heterocycles. The van der Waals surface area contributed by atoms with E-state index in [0.717, 1.165) is 47.8 Å². The third-order valence-corrected chi connectivity index (χ3v) is 5.55. The number of para-hydroxylation sites is 1. The van der Waals surface area contributed by atoms with Crippen LogP contribution in [0.1, 0.15) is 46.0 Å².